The summed E-state index contributed by atoms with van der Waals surface area (Å²) in [6.07, 6.45) is 3.45. The van der Waals surface area contributed by atoms with Gasteiger partial charge < -0.3 is 4.90 Å². The van der Waals surface area contributed by atoms with Crippen molar-refractivity contribution in [3.05, 3.63) is 204 Å². The molecule has 1 unspecified atom stereocenters. The zero-order chi connectivity index (χ0) is 35.6. The van der Waals surface area contributed by atoms with E-state index < -0.39 is 0 Å². The Morgan fingerprint density at radius 3 is 1.91 bits per heavy atom. The van der Waals surface area contributed by atoms with E-state index in [0.717, 1.165) is 17.8 Å². The Labute approximate surface area is 319 Å². The first-order valence-corrected chi connectivity index (χ1v) is 19.6. The van der Waals surface area contributed by atoms with Crippen molar-refractivity contribution in [2.75, 3.05) is 4.90 Å². The fourth-order valence-corrected chi connectivity index (χ4v) is 10.1. The standard InChI is InChI=1S/C52H35NS/c1-2-10-34(11-3-1)35-20-25-40(26-21-35)53(42-29-31-50-49(33-42)47-30-24-37-13-5-7-15-44(37)52(47)54-50)41-27-22-38(23-28-41)48-32-39-19-18-36-12-4-6-14-43(36)51(39)46-17-9-8-16-45(46)48/h1-29,31-33,47H,30H2. The van der Waals surface area contributed by atoms with Crippen LogP contribution >= 0.6 is 11.8 Å². The normalized spacial score (nSPS) is 14.4. The summed E-state index contributed by atoms with van der Waals surface area (Å²) in [5.74, 6) is 0.392. The number of fused-ring (bicyclic) bond motifs is 9. The number of nitrogens with zero attached hydrogens (tertiary/aromatic N) is 1. The Morgan fingerprint density at radius 1 is 0.463 bits per heavy atom. The molecule has 2 heteroatoms. The lowest BCUT2D eigenvalue weighted by Gasteiger charge is -2.27. The molecule has 0 bridgehead atoms. The highest BCUT2D eigenvalue weighted by Crippen LogP contribution is 2.53. The second-order valence-electron chi connectivity index (χ2n) is 14.4. The van der Waals surface area contributed by atoms with E-state index in [-0.39, 0.29) is 0 Å². The van der Waals surface area contributed by atoms with Gasteiger partial charge in [0, 0.05) is 32.8 Å². The average Bonchev–Trinajstić information content (AvgIpc) is 3.63. The van der Waals surface area contributed by atoms with Gasteiger partial charge in [-0.2, -0.15) is 0 Å². The van der Waals surface area contributed by atoms with Gasteiger partial charge in [-0.25, -0.2) is 0 Å². The minimum absolute atomic E-state index is 0.392. The molecule has 1 heterocycles. The third-order valence-electron chi connectivity index (χ3n) is 11.4. The van der Waals surface area contributed by atoms with Gasteiger partial charge in [-0.1, -0.05) is 157 Å². The van der Waals surface area contributed by atoms with Crippen LogP contribution in [0.25, 0.3) is 65.6 Å². The van der Waals surface area contributed by atoms with Crippen molar-refractivity contribution in [1.29, 1.82) is 0 Å². The maximum absolute atomic E-state index is 2.45. The Morgan fingerprint density at radius 2 is 1.09 bits per heavy atom. The highest BCUT2D eigenvalue weighted by molar-refractivity contribution is 8.08. The number of hydrogen-bond acceptors (Lipinski definition) is 2. The largest absolute Gasteiger partial charge is 0.310 e. The first kappa shape index (κ1) is 31.2. The highest BCUT2D eigenvalue weighted by atomic mass is 32.2. The third-order valence-corrected chi connectivity index (χ3v) is 12.7. The molecular weight excluding hydrogens is 671 g/mol. The Balaban J connectivity index is 1.03. The van der Waals surface area contributed by atoms with Gasteiger partial charge in [0.05, 0.1) is 0 Å². The second-order valence-corrected chi connectivity index (χ2v) is 15.5. The van der Waals surface area contributed by atoms with Crippen molar-refractivity contribution in [1.82, 2.24) is 0 Å². The number of thioether (sulfide) groups is 1. The van der Waals surface area contributed by atoms with Gasteiger partial charge in [-0.05, 0) is 126 Å². The molecule has 254 valence electrons. The summed E-state index contributed by atoms with van der Waals surface area (Å²) in [4.78, 5) is 5.28. The molecule has 0 saturated carbocycles. The van der Waals surface area contributed by atoms with E-state index in [1.54, 1.807) is 0 Å². The van der Waals surface area contributed by atoms with E-state index >= 15 is 0 Å². The van der Waals surface area contributed by atoms with E-state index in [2.05, 4.69) is 199 Å². The summed E-state index contributed by atoms with van der Waals surface area (Å²) in [6.45, 7) is 0. The molecule has 9 aromatic carbocycles. The van der Waals surface area contributed by atoms with Crippen LogP contribution in [0.1, 0.15) is 17.9 Å². The van der Waals surface area contributed by atoms with Crippen molar-refractivity contribution in [2.24, 2.45) is 0 Å². The summed E-state index contributed by atoms with van der Waals surface area (Å²) in [7, 11) is 0. The fraction of sp³-hybridized carbons (Fsp3) is 0.0385. The molecule has 0 radical (unpaired) electrons. The SMILES string of the molecule is C1=c2ccccc2=C2Sc3ccc(N(c4ccc(-c5ccccc5)cc4)c4ccc(-c5cc6ccc7ccccc7c6c6ccccc56)cc4)cc3C2C1. The van der Waals surface area contributed by atoms with Crippen LogP contribution in [-0.2, 0) is 0 Å². The second kappa shape index (κ2) is 12.7. The molecule has 54 heavy (non-hydrogen) atoms. The van der Waals surface area contributed by atoms with Crippen LogP contribution in [0.2, 0.25) is 0 Å². The van der Waals surface area contributed by atoms with E-state index in [0.29, 0.717) is 5.92 Å². The van der Waals surface area contributed by atoms with Gasteiger partial charge in [0.1, 0.15) is 0 Å². The summed E-state index contributed by atoms with van der Waals surface area (Å²) in [6, 6.07) is 69.3. The van der Waals surface area contributed by atoms with E-state index in [9.17, 15) is 0 Å². The molecule has 0 amide bonds. The lowest BCUT2D eigenvalue weighted by molar-refractivity contribution is 0.902. The zero-order valence-corrected chi connectivity index (χ0v) is 30.4. The van der Waals surface area contributed by atoms with Crippen LogP contribution in [0.4, 0.5) is 17.1 Å². The van der Waals surface area contributed by atoms with Crippen LogP contribution in [-0.4, -0.2) is 0 Å². The first-order valence-electron chi connectivity index (χ1n) is 18.8. The zero-order valence-electron chi connectivity index (χ0n) is 29.6. The van der Waals surface area contributed by atoms with Crippen LogP contribution in [0.5, 0.6) is 0 Å². The maximum Gasteiger partial charge on any atom is 0.0465 e. The predicted octanol–water partition coefficient (Wildman–Crippen LogP) is 13.1. The smallest absolute Gasteiger partial charge is 0.0465 e. The Hall–Kier alpha value is -6.35. The fourth-order valence-electron chi connectivity index (χ4n) is 8.78. The number of benzene rings is 9. The minimum Gasteiger partial charge on any atom is -0.310 e. The molecular formula is C52H35NS. The van der Waals surface area contributed by atoms with Gasteiger partial charge in [-0.15, -0.1) is 0 Å². The summed E-state index contributed by atoms with van der Waals surface area (Å²) in [5, 5.41) is 10.5. The molecule has 1 atom stereocenters. The molecule has 1 aliphatic carbocycles. The van der Waals surface area contributed by atoms with Crippen molar-refractivity contribution < 1.29 is 0 Å². The summed E-state index contributed by atoms with van der Waals surface area (Å²) >= 11 is 1.95. The van der Waals surface area contributed by atoms with Crippen LogP contribution < -0.4 is 15.3 Å². The quantitative estimate of drug-likeness (QED) is 0.164. The van der Waals surface area contributed by atoms with Gasteiger partial charge in [-0.3, -0.25) is 0 Å². The molecule has 0 fully saturated rings. The van der Waals surface area contributed by atoms with Gasteiger partial charge in [0.15, 0.2) is 0 Å². The monoisotopic (exact) mass is 705 g/mol. The summed E-state index contributed by atoms with van der Waals surface area (Å²) < 4.78 is 0. The van der Waals surface area contributed by atoms with Crippen LogP contribution in [0.15, 0.2) is 193 Å². The van der Waals surface area contributed by atoms with E-state index in [1.165, 1.54) is 86.1 Å². The van der Waals surface area contributed by atoms with Crippen LogP contribution in [0.3, 0.4) is 0 Å². The van der Waals surface area contributed by atoms with Crippen molar-refractivity contribution in [2.45, 2.75) is 17.2 Å². The third kappa shape index (κ3) is 5.10. The first-order chi connectivity index (χ1) is 26.8. The molecule has 0 saturated heterocycles. The van der Waals surface area contributed by atoms with Crippen molar-refractivity contribution in [3.63, 3.8) is 0 Å². The predicted molar refractivity (Wildman–Crippen MR) is 231 cm³/mol. The average molecular weight is 706 g/mol. The van der Waals surface area contributed by atoms with Crippen molar-refractivity contribution >= 4 is 72.1 Å². The van der Waals surface area contributed by atoms with E-state index in [1.807, 2.05) is 11.8 Å². The Bertz CT molecular complexity index is 3040. The molecule has 1 nitrogen and oxygen atoms in total. The lowest BCUT2D eigenvalue weighted by Crippen LogP contribution is -2.29. The lowest BCUT2D eigenvalue weighted by atomic mass is 9.90. The molecule has 0 spiro atoms. The van der Waals surface area contributed by atoms with Gasteiger partial charge >= 0.3 is 0 Å². The topological polar surface area (TPSA) is 3.24 Å². The van der Waals surface area contributed by atoms with Crippen LogP contribution in [0, 0.1) is 0 Å². The molecule has 1 aliphatic heterocycles. The van der Waals surface area contributed by atoms with E-state index in [4.69, 9.17) is 0 Å². The molecule has 0 aromatic heterocycles. The molecule has 2 aliphatic rings. The Kier molecular flexibility index (Phi) is 7.31. The molecule has 9 aromatic rings. The number of anilines is 3. The number of rotatable bonds is 5. The molecule has 0 N–H and O–H groups in total. The summed E-state index contributed by atoms with van der Waals surface area (Å²) in [5.41, 5.74) is 9.79. The van der Waals surface area contributed by atoms with Gasteiger partial charge in [0.25, 0.3) is 0 Å². The van der Waals surface area contributed by atoms with Crippen molar-refractivity contribution in [3.8, 4) is 22.3 Å². The highest BCUT2D eigenvalue weighted by Gasteiger charge is 2.31. The number of hydrogen-bond donors (Lipinski definition) is 0. The van der Waals surface area contributed by atoms with Gasteiger partial charge in [0.2, 0.25) is 0 Å². The minimum atomic E-state index is 0.392. The molecule has 11 rings (SSSR count). The maximum atomic E-state index is 2.45.